The third-order valence-corrected chi connectivity index (χ3v) is 6.91. The lowest BCUT2D eigenvalue weighted by Crippen LogP contribution is -2.30. The second kappa shape index (κ2) is 10.6. The van der Waals surface area contributed by atoms with E-state index < -0.39 is 16.1 Å². The molecule has 5 heteroatoms. The second-order valence-corrected chi connectivity index (χ2v) is 9.67. The average molecular weight is 458 g/mol. The molecule has 168 valence electrons. The van der Waals surface area contributed by atoms with Crippen molar-refractivity contribution >= 4 is 10.0 Å². The van der Waals surface area contributed by atoms with Crippen molar-refractivity contribution in [1.82, 2.24) is 4.72 Å². The quantitative estimate of drug-likeness (QED) is 0.344. The maximum absolute atomic E-state index is 12.9. The van der Waals surface area contributed by atoms with Crippen molar-refractivity contribution < 1.29 is 13.2 Å². The number of benzene rings is 4. The van der Waals surface area contributed by atoms with Crippen molar-refractivity contribution in [2.75, 3.05) is 6.54 Å². The van der Waals surface area contributed by atoms with Gasteiger partial charge in [-0.3, -0.25) is 0 Å². The SMILES string of the molecule is Cc1ccc(S(=O)(=O)NCC(OC(c2ccccc2)c2ccccc2)c2ccccc2)cc1. The molecule has 0 heterocycles. The van der Waals surface area contributed by atoms with Crippen molar-refractivity contribution in [3.63, 3.8) is 0 Å². The van der Waals surface area contributed by atoms with E-state index >= 15 is 0 Å². The van der Waals surface area contributed by atoms with Crippen LogP contribution in [0.4, 0.5) is 0 Å². The zero-order chi connectivity index (χ0) is 23.1. The number of hydrogen-bond donors (Lipinski definition) is 1. The molecule has 0 aliphatic heterocycles. The molecule has 0 aromatic heterocycles. The van der Waals surface area contributed by atoms with Gasteiger partial charge in [0.1, 0.15) is 6.10 Å². The topological polar surface area (TPSA) is 55.4 Å². The van der Waals surface area contributed by atoms with E-state index in [1.54, 1.807) is 24.3 Å². The summed E-state index contributed by atoms with van der Waals surface area (Å²) in [6, 6.07) is 36.5. The van der Waals surface area contributed by atoms with E-state index in [0.717, 1.165) is 22.3 Å². The third kappa shape index (κ3) is 5.96. The Balaban J connectivity index is 1.63. The minimum absolute atomic E-state index is 0.108. The van der Waals surface area contributed by atoms with E-state index in [2.05, 4.69) is 4.72 Å². The van der Waals surface area contributed by atoms with Crippen LogP contribution in [-0.4, -0.2) is 15.0 Å². The molecule has 4 aromatic carbocycles. The van der Waals surface area contributed by atoms with E-state index in [4.69, 9.17) is 4.74 Å². The molecule has 4 rings (SSSR count). The van der Waals surface area contributed by atoms with Gasteiger partial charge >= 0.3 is 0 Å². The summed E-state index contributed by atoms with van der Waals surface area (Å²) in [5, 5.41) is 0. The van der Waals surface area contributed by atoms with Gasteiger partial charge in [0, 0.05) is 6.54 Å². The molecule has 1 atom stereocenters. The Kier molecular flexibility index (Phi) is 7.35. The van der Waals surface area contributed by atoms with Gasteiger partial charge in [-0.05, 0) is 35.7 Å². The Hall–Kier alpha value is -3.25. The third-order valence-electron chi connectivity index (χ3n) is 5.47. The van der Waals surface area contributed by atoms with Crippen molar-refractivity contribution in [2.45, 2.75) is 24.0 Å². The van der Waals surface area contributed by atoms with Crippen LogP contribution in [0.25, 0.3) is 0 Å². The van der Waals surface area contributed by atoms with Crippen molar-refractivity contribution in [1.29, 1.82) is 0 Å². The van der Waals surface area contributed by atoms with Gasteiger partial charge in [-0.2, -0.15) is 0 Å². The molecule has 33 heavy (non-hydrogen) atoms. The first-order chi connectivity index (χ1) is 16.0. The van der Waals surface area contributed by atoms with Crippen molar-refractivity contribution in [3.8, 4) is 0 Å². The van der Waals surface area contributed by atoms with E-state index in [-0.39, 0.29) is 17.5 Å². The minimum atomic E-state index is -3.68. The summed E-state index contributed by atoms with van der Waals surface area (Å²) in [5.41, 5.74) is 3.92. The maximum atomic E-state index is 12.9. The predicted octanol–water partition coefficient (Wildman–Crippen LogP) is 5.82. The Morgan fingerprint density at radius 2 is 1.12 bits per heavy atom. The number of nitrogens with one attached hydrogen (secondary N) is 1. The molecular formula is C28H27NO3S. The van der Waals surface area contributed by atoms with Crippen LogP contribution in [0.5, 0.6) is 0 Å². The molecule has 0 bridgehead atoms. The van der Waals surface area contributed by atoms with E-state index in [9.17, 15) is 8.42 Å². The first kappa shape index (κ1) is 22.9. The number of ether oxygens (including phenoxy) is 1. The average Bonchev–Trinajstić information content (AvgIpc) is 2.86. The molecule has 0 fully saturated rings. The Morgan fingerprint density at radius 3 is 1.61 bits per heavy atom. The highest BCUT2D eigenvalue weighted by molar-refractivity contribution is 7.89. The van der Waals surface area contributed by atoms with Crippen LogP contribution < -0.4 is 4.72 Å². The molecule has 0 aliphatic rings. The fourth-order valence-electron chi connectivity index (χ4n) is 3.67. The Labute approximate surface area is 195 Å². The highest BCUT2D eigenvalue weighted by Crippen LogP contribution is 2.32. The van der Waals surface area contributed by atoms with Crippen molar-refractivity contribution in [2.24, 2.45) is 0 Å². The lowest BCUT2D eigenvalue weighted by Gasteiger charge is -2.26. The fourth-order valence-corrected chi connectivity index (χ4v) is 4.70. The lowest BCUT2D eigenvalue weighted by molar-refractivity contribution is 0.0101. The molecule has 0 amide bonds. The summed E-state index contributed by atoms with van der Waals surface area (Å²) in [7, 11) is -3.68. The van der Waals surface area contributed by atoms with E-state index in [0.29, 0.717) is 0 Å². The Morgan fingerprint density at radius 1 is 0.667 bits per heavy atom. The first-order valence-corrected chi connectivity index (χ1v) is 12.4. The number of sulfonamides is 1. The summed E-state index contributed by atoms with van der Waals surface area (Å²) in [6.45, 7) is 2.03. The van der Waals surface area contributed by atoms with Crippen LogP contribution in [0, 0.1) is 6.92 Å². The normalized spacial score (nSPS) is 12.5. The summed E-state index contributed by atoms with van der Waals surface area (Å²) in [4.78, 5) is 0.239. The summed E-state index contributed by atoms with van der Waals surface area (Å²) in [5.74, 6) is 0. The van der Waals surface area contributed by atoms with Gasteiger partial charge in [0.05, 0.1) is 11.0 Å². The smallest absolute Gasteiger partial charge is 0.240 e. The monoisotopic (exact) mass is 457 g/mol. The van der Waals surface area contributed by atoms with Gasteiger partial charge < -0.3 is 4.74 Å². The summed E-state index contributed by atoms with van der Waals surface area (Å²) in [6.07, 6.45) is -0.835. The lowest BCUT2D eigenvalue weighted by atomic mass is 10.0. The standard InChI is InChI=1S/C28H27NO3S/c1-22-17-19-26(20-18-22)33(30,31)29-21-27(23-11-5-2-6-12-23)32-28(24-13-7-3-8-14-24)25-15-9-4-10-16-25/h2-20,27-29H,21H2,1H3. The molecule has 0 radical (unpaired) electrons. The molecule has 1 N–H and O–H groups in total. The van der Waals surface area contributed by atoms with Gasteiger partial charge in [-0.25, -0.2) is 13.1 Å². The molecule has 4 aromatic rings. The highest BCUT2D eigenvalue weighted by atomic mass is 32.2. The van der Waals surface area contributed by atoms with Crippen LogP contribution in [0.1, 0.15) is 34.5 Å². The Bertz CT molecular complexity index is 1200. The summed E-state index contributed by atoms with van der Waals surface area (Å²) >= 11 is 0. The van der Waals surface area contributed by atoms with Gasteiger partial charge in [0.2, 0.25) is 10.0 Å². The molecule has 0 saturated carbocycles. The van der Waals surface area contributed by atoms with Crippen LogP contribution >= 0.6 is 0 Å². The molecule has 4 nitrogen and oxygen atoms in total. The fraction of sp³-hybridized carbons (Fsp3) is 0.143. The van der Waals surface area contributed by atoms with Crippen LogP contribution in [0.2, 0.25) is 0 Å². The van der Waals surface area contributed by atoms with Crippen LogP contribution in [-0.2, 0) is 14.8 Å². The zero-order valence-corrected chi connectivity index (χ0v) is 19.3. The van der Waals surface area contributed by atoms with Gasteiger partial charge in [-0.1, -0.05) is 109 Å². The van der Waals surface area contributed by atoms with Gasteiger partial charge in [0.25, 0.3) is 0 Å². The predicted molar refractivity (Wildman–Crippen MR) is 131 cm³/mol. The van der Waals surface area contributed by atoms with Crippen molar-refractivity contribution in [3.05, 3.63) is 138 Å². The summed E-state index contributed by atoms with van der Waals surface area (Å²) < 4.78 is 35.3. The molecular weight excluding hydrogens is 430 g/mol. The second-order valence-electron chi connectivity index (χ2n) is 7.90. The van der Waals surface area contributed by atoms with Crippen LogP contribution in [0.15, 0.2) is 120 Å². The number of aryl methyl sites for hydroxylation is 1. The van der Waals surface area contributed by atoms with E-state index in [1.165, 1.54) is 0 Å². The maximum Gasteiger partial charge on any atom is 0.240 e. The highest BCUT2D eigenvalue weighted by Gasteiger charge is 2.24. The minimum Gasteiger partial charge on any atom is -0.359 e. The number of rotatable bonds is 9. The van der Waals surface area contributed by atoms with E-state index in [1.807, 2.05) is 97.9 Å². The largest absolute Gasteiger partial charge is 0.359 e. The van der Waals surface area contributed by atoms with Gasteiger partial charge in [0.15, 0.2) is 0 Å². The molecule has 0 aliphatic carbocycles. The van der Waals surface area contributed by atoms with Gasteiger partial charge in [-0.15, -0.1) is 0 Å². The molecule has 0 spiro atoms. The molecule has 1 unspecified atom stereocenters. The number of hydrogen-bond acceptors (Lipinski definition) is 3. The molecule has 0 saturated heterocycles. The zero-order valence-electron chi connectivity index (χ0n) is 18.5. The first-order valence-electron chi connectivity index (χ1n) is 10.9. The van der Waals surface area contributed by atoms with Crippen LogP contribution in [0.3, 0.4) is 0 Å².